The highest BCUT2D eigenvalue weighted by Crippen LogP contribution is 2.34. The van der Waals surface area contributed by atoms with Gasteiger partial charge in [-0.05, 0) is 24.6 Å². The van der Waals surface area contributed by atoms with E-state index in [-0.39, 0.29) is 12.2 Å². The summed E-state index contributed by atoms with van der Waals surface area (Å²) in [4.78, 5) is 11.3. The fraction of sp³-hybridized carbons (Fsp3) is 0.462. The molecule has 5 nitrogen and oxygen atoms in total. The van der Waals surface area contributed by atoms with Gasteiger partial charge in [0.25, 0.3) is 0 Å². The monoisotopic (exact) mass is 289 g/mol. The van der Waals surface area contributed by atoms with E-state index in [1.54, 1.807) is 0 Å². The maximum absolute atomic E-state index is 13.9. The van der Waals surface area contributed by atoms with E-state index in [1.165, 1.54) is 39.3 Å². The van der Waals surface area contributed by atoms with Crippen LogP contribution in [0.15, 0.2) is 18.2 Å². The van der Waals surface area contributed by atoms with Crippen molar-refractivity contribution >= 4 is 5.97 Å². The van der Waals surface area contributed by atoms with Gasteiger partial charge in [0.05, 0.1) is 20.8 Å². The van der Waals surface area contributed by atoms with Crippen LogP contribution >= 0.6 is 0 Å². The molecule has 0 aromatic heterocycles. The van der Waals surface area contributed by atoms with Crippen LogP contribution in [0.25, 0.3) is 0 Å². The quantitative estimate of drug-likeness (QED) is 0.810. The Bertz CT molecular complexity index is 457. The standard InChI is InChI=1S/C13H17F2NO4/c1-4-20-12(17)13(14,15)11(16)8-5-9(18-2)7-10(6-8)19-3/h5-7,11H,4,16H2,1-3H3/t11-/m0/s1. The lowest BCUT2D eigenvalue weighted by Gasteiger charge is -2.22. The van der Waals surface area contributed by atoms with Gasteiger partial charge in [-0.2, -0.15) is 8.78 Å². The topological polar surface area (TPSA) is 70.8 Å². The summed E-state index contributed by atoms with van der Waals surface area (Å²) in [7, 11) is 2.77. The van der Waals surface area contributed by atoms with Gasteiger partial charge in [0.1, 0.15) is 17.5 Å². The van der Waals surface area contributed by atoms with Gasteiger partial charge in [0.2, 0.25) is 0 Å². The van der Waals surface area contributed by atoms with E-state index >= 15 is 0 Å². The Morgan fingerprint density at radius 3 is 2.15 bits per heavy atom. The molecule has 0 aliphatic carbocycles. The number of ether oxygens (including phenoxy) is 3. The Balaban J connectivity index is 3.12. The van der Waals surface area contributed by atoms with Crippen LogP contribution < -0.4 is 15.2 Å². The summed E-state index contributed by atoms with van der Waals surface area (Å²) < 4.78 is 42.0. The number of nitrogens with two attached hydrogens (primary N) is 1. The van der Waals surface area contributed by atoms with E-state index in [4.69, 9.17) is 15.2 Å². The lowest BCUT2D eigenvalue weighted by Crippen LogP contribution is -2.41. The van der Waals surface area contributed by atoms with Crippen molar-refractivity contribution in [3.05, 3.63) is 23.8 Å². The van der Waals surface area contributed by atoms with Crippen molar-refractivity contribution in [3.8, 4) is 11.5 Å². The first kappa shape index (κ1) is 16.2. The Labute approximate surface area is 115 Å². The van der Waals surface area contributed by atoms with E-state index in [1.807, 2.05) is 0 Å². The molecular weight excluding hydrogens is 272 g/mol. The fourth-order valence-corrected chi connectivity index (χ4v) is 1.57. The van der Waals surface area contributed by atoms with E-state index in [0.29, 0.717) is 11.5 Å². The van der Waals surface area contributed by atoms with Gasteiger partial charge in [-0.3, -0.25) is 0 Å². The number of hydrogen-bond donors (Lipinski definition) is 1. The minimum Gasteiger partial charge on any atom is -0.497 e. The second-order valence-electron chi connectivity index (χ2n) is 3.97. The van der Waals surface area contributed by atoms with E-state index in [0.717, 1.165) is 0 Å². The molecule has 20 heavy (non-hydrogen) atoms. The number of benzene rings is 1. The third kappa shape index (κ3) is 3.36. The van der Waals surface area contributed by atoms with Crippen LogP contribution in [0.1, 0.15) is 18.5 Å². The normalized spacial score (nSPS) is 12.7. The molecule has 0 aliphatic heterocycles. The van der Waals surface area contributed by atoms with Crippen LogP contribution in [0.5, 0.6) is 11.5 Å². The first-order valence-corrected chi connectivity index (χ1v) is 5.90. The molecule has 2 N–H and O–H groups in total. The summed E-state index contributed by atoms with van der Waals surface area (Å²) in [6, 6.07) is 2.30. The number of hydrogen-bond acceptors (Lipinski definition) is 5. The lowest BCUT2D eigenvalue weighted by atomic mass is 10.0. The highest BCUT2D eigenvalue weighted by molar-refractivity contribution is 5.79. The Morgan fingerprint density at radius 1 is 1.25 bits per heavy atom. The van der Waals surface area contributed by atoms with Crippen molar-refractivity contribution in [3.63, 3.8) is 0 Å². The average molecular weight is 289 g/mol. The number of carbonyl (C=O) groups is 1. The lowest BCUT2D eigenvalue weighted by molar-refractivity contribution is -0.174. The average Bonchev–Trinajstić information content (AvgIpc) is 2.45. The van der Waals surface area contributed by atoms with Gasteiger partial charge in [-0.1, -0.05) is 0 Å². The van der Waals surface area contributed by atoms with Gasteiger partial charge >= 0.3 is 11.9 Å². The van der Waals surface area contributed by atoms with Crippen molar-refractivity contribution in [2.75, 3.05) is 20.8 Å². The first-order chi connectivity index (χ1) is 9.36. The number of alkyl halides is 2. The van der Waals surface area contributed by atoms with Crippen molar-refractivity contribution in [2.45, 2.75) is 18.9 Å². The van der Waals surface area contributed by atoms with Crippen LogP contribution in [0.2, 0.25) is 0 Å². The molecule has 0 radical (unpaired) electrons. The van der Waals surface area contributed by atoms with Gasteiger partial charge in [-0.15, -0.1) is 0 Å². The third-order valence-corrected chi connectivity index (χ3v) is 2.67. The molecule has 0 unspecified atom stereocenters. The van der Waals surface area contributed by atoms with Crippen LogP contribution in [-0.2, 0) is 9.53 Å². The minimum absolute atomic E-state index is 0.0132. The van der Waals surface area contributed by atoms with Crippen molar-refractivity contribution in [1.82, 2.24) is 0 Å². The van der Waals surface area contributed by atoms with Crippen LogP contribution in [0, 0.1) is 0 Å². The van der Waals surface area contributed by atoms with Gasteiger partial charge in [0, 0.05) is 6.07 Å². The van der Waals surface area contributed by atoms with Gasteiger partial charge in [0.15, 0.2) is 0 Å². The smallest absolute Gasteiger partial charge is 0.379 e. The minimum atomic E-state index is -3.84. The van der Waals surface area contributed by atoms with Crippen molar-refractivity contribution < 1.29 is 27.8 Å². The summed E-state index contributed by atoms with van der Waals surface area (Å²) in [5.41, 5.74) is 5.50. The number of carbonyl (C=O) groups excluding carboxylic acids is 1. The zero-order valence-electron chi connectivity index (χ0n) is 11.5. The molecule has 1 atom stereocenters. The molecule has 112 valence electrons. The van der Waals surface area contributed by atoms with Gasteiger partial charge in [-0.25, -0.2) is 4.79 Å². The Kier molecular flexibility index (Phi) is 5.26. The molecule has 0 heterocycles. The summed E-state index contributed by atoms with van der Waals surface area (Å²) >= 11 is 0. The second-order valence-corrected chi connectivity index (χ2v) is 3.97. The van der Waals surface area contributed by atoms with Gasteiger partial charge < -0.3 is 19.9 Å². The molecule has 0 spiro atoms. The molecule has 1 rings (SSSR count). The van der Waals surface area contributed by atoms with Crippen LogP contribution in [0.4, 0.5) is 8.78 Å². The highest BCUT2D eigenvalue weighted by Gasteiger charge is 2.48. The predicted octanol–water partition coefficient (Wildman–Crippen LogP) is 1.90. The highest BCUT2D eigenvalue weighted by atomic mass is 19.3. The summed E-state index contributed by atoms with van der Waals surface area (Å²) in [6.45, 7) is 1.29. The fourth-order valence-electron chi connectivity index (χ4n) is 1.57. The molecule has 1 aromatic carbocycles. The Hall–Kier alpha value is -1.89. The summed E-state index contributed by atoms with van der Waals surface area (Å²) in [6.07, 6.45) is 0. The SMILES string of the molecule is CCOC(=O)C(F)(F)[C@@H](N)c1cc(OC)cc(OC)c1. The number of rotatable bonds is 6. The van der Waals surface area contributed by atoms with E-state index in [2.05, 4.69) is 4.74 Å². The largest absolute Gasteiger partial charge is 0.497 e. The molecule has 0 saturated carbocycles. The Morgan fingerprint density at radius 2 is 1.75 bits per heavy atom. The maximum Gasteiger partial charge on any atom is 0.379 e. The molecule has 0 aliphatic rings. The van der Waals surface area contributed by atoms with E-state index < -0.39 is 17.9 Å². The molecular formula is C13H17F2NO4. The molecule has 7 heteroatoms. The zero-order valence-corrected chi connectivity index (χ0v) is 11.5. The number of methoxy groups -OCH3 is 2. The molecule has 0 amide bonds. The first-order valence-electron chi connectivity index (χ1n) is 5.90. The summed E-state index contributed by atoms with van der Waals surface area (Å²) in [5, 5.41) is 0. The summed E-state index contributed by atoms with van der Waals surface area (Å²) in [5.74, 6) is -4.90. The van der Waals surface area contributed by atoms with E-state index in [9.17, 15) is 13.6 Å². The second kappa shape index (κ2) is 6.51. The number of halogens is 2. The van der Waals surface area contributed by atoms with Crippen molar-refractivity contribution in [1.29, 1.82) is 0 Å². The van der Waals surface area contributed by atoms with Crippen LogP contribution in [0.3, 0.4) is 0 Å². The van der Waals surface area contributed by atoms with Crippen LogP contribution in [-0.4, -0.2) is 32.7 Å². The molecule has 0 fully saturated rings. The molecule has 1 aromatic rings. The maximum atomic E-state index is 13.9. The molecule has 0 bridgehead atoms. The predicted molar refractivity (Wildman–Crippen MR) is 68.1 cm³/mol. The third-order valence-electron chi connectivity index (χ3n) is 2.67. The zero-order chi connectivity index (χ0) is 15.3. The van der Waals surface area contributed by atoms with Crippen molar-refractivity contribution in [2.24, 2.45) is 5.73 Å². The molecule has 0 saturated heterocycles. The number of esters is 1.